The summed E-state index contributed by atoms with van der Waals surface area (Å²) >= 11 is 0. The lowest BCUT2D eigenvalue weighted by atomic mass is 10.1. The monoisotopic (exact) mass is 258 g/mol. The van der Waals surface area contributed by atoms with Gasteiger partial charge in [0.15, 0.2) is 0 Å². The number of rotatable bonds is 3. The molecule has 2 rings (SSSR count). The van der Waals surface area contributed by atoms with Crippen LogP contribution in [-0.4, -0.2) is 15.7 Å². The molecule has 0 bridgehead atoms. The van der Waals surface area contributed by atoms with Crippen molar-refractivity contribution in [1.82, 2.24) is 15.1 Å². The van der Waals surface area contributed by atoms with Crippen molar-refractivity contribution in [2.45, 2.75) is 19.9 Å². The van der Waals surface area contributed by atoms with E-state index in [0.717, 1.165) is 11.3 Å². The first-order valence-corrected chi connectivity index (χ1v) is 6.14. The molecule has 0 spiro atoms. The van der Waals surface area contributed by atoms with Gasteiger partial charge in [-0.15, -0.1) is 0 Å². The molecule has 5 heteroatoms. The summed E-state index contributed by atoms with van der Waals surface area (Å²) in [5, 5.41) is 7.02. The number of anilines is 1. The lowest BCUT2D eigenvalue weighted by molar-refractivity contribution is 0.0939. The van der Waals surface area contributed by atoms with Crippen LogP contribution in [0.15, 0.2) is 30.5 Å². The second-order valence-electron chi connectivity index (χ2n) is 4.63. The summed E-state index contributed by atoms with van der Waals surface area (Å²) in [5.41, 5.74) is 8.83. The van der Waals surface area contributed by atoms with Crippen molar-refractivity contribution in [3.8, 4) is 0 Å². The number of carbonyl (C=O) groups is 1. The van der Waals surface area contributed by atoms with Crippen molar-refractivity contribution >= 4 is 11.6 Å². The first kappa shape index (κ1) is 13.1. The molecular formula is C14H18N4O. The Kier molecular flexibility index (Phi) is 3.55. The number of nitrogens with two attached hydrogens (primary N) is 1. The molecule has 2 aromatic rings. The zero-order valence-electron chi connectivity index (χ0n) is 11.3. The van der Waals surface area contributed by atoms with Crippen LogP contribution in [-0.2, 0) is 7.05 Å². The Morgan fingerprint density at radius 3 is 2.53 bits per heavy atom. The van der Waals surface area contributed by atoms with E-state index < -0.39 is 0 Å². The molecule has 0 aliphatic carbocycles. The van der Waals surface area contributed by atoms with Gasteiger partial charge in [0.25, 0.3) is 5.91 Å². The molecule has 1 unspecified atom stereocenters. The van der Waals surface area contributed by atoms with Crippen molar-refractivity contribution < 1.29 is 4.79 Å². The maximum absolute atomic E-state index is 12.1. The number of nitrogen functional groups attached to an aromatic ring is 1. The largest absolute Gasteiger partial charge is 0.399 e. The molecule has 1 heterocycles. The second-order valence-corrected chi connectivity index (χ2v) is 4.63. The van der Waals surface area contributed by atoms with Crippen LogP contribution >= 0.6 is 0 Å². The van der Waals surface area contributed by atoms with Crippen molar-refractivity contribution in [2.24, 2.45) is 7.05 Å². The van der Waals surface area contributed by atoms with E-state index in [0.29, 0.717) is 11.3 Å². The Labute approximate surface area is 112 Å². The molecule has 0 radical (unpaired) electrons. The summed E-state index contributed by atoms with van der Waals surface area (Å²) in [6, 6.07) is 7.40. The van der Waals surface area contributed by atoms with Crippen LogP contribution in [0.1, 0.15) is 34.6 Å². The average molecular weight is 258 g/mol. The lowest BCUT2D eigenvalue weighted by Crippen LogP contribution is -2.27. The number of aromatic nitrogens is 2. The Morgan fingerprint density at radius 2 is 2.00 bits per heavy atom. The smallest absolute Gasteiger partial charge is 0.255 e. The van der Waals surface area contributed by atoms with Crippen molar-refractivity contribution in [2.75, 3.05) is 5.73 Å². The van der Waals surface area contributed by atoms with Gasteiger partial charge in [0.1, 0.15) is 0 Å². The van der Waals surface area contributed by atoms with Gasteiger partial charge < -0.3 is 11.1 Å². The quantitative estimate of drug-likeness (QED) is 0.824. The molecule has 1 amide bonds. The summed E-state index contributed by atoms with van der Waals surface area (Å²) in [7, 11) is 1.81. The molecular weight excluding hydrogens is 240 g/mol. The van der Waals surface area contributed by atoms with Crippen LogP contribution in [0.3, 0.4) is 0 Å². The summed E-state index contributed by atoms with van der Waals surface area (Å²) in [4.78, 5) is 12.1. The normalized spacial score (nSPS) is 12.2. The predicted molar refractivity (Wildman–Crippen MR) is 74.7 cm³/mol. The number of benzene rings is 1. The summed E-state index contributed by atoms with van der Waals surface area (Å²) < 4.78 is 1.68. The molecule has 19 heavy (non-hydrogen) atoms. The van der Waals surface area contributed by atoms with Crippen LogP contribution in [0.5, 0.6) is 0 Å². The first-order valence-electron chi connectivity index (χ1n) is 6.14. The molecule has 0 saturated carbocycles. The third kappa shape index (κ3) is 2.76. The van der Waals surface area contributed by atoms with Crippen LogP contribution in [0, 0.1) is 6.92 Å². The highest BCUT2D eigenvalue weighted by Gasteiger charge is 2.15. The number of amides is 1. The number of aryl methyl sites for hydroxylation is 1. The van der Waals surface area contributed by atoms with Crippen molar-refractivity contribution in [3.63, 3.8) is 0 Å². The van der Waals surface area contributed by atoms with Gasteiger partial charge in [-0.05, 0) is 31.5 Å². The van der Waals surface area contributed by atoms with Gasteiger partial charge in [0.2, 0.25) is 0 Å². The third-order valence-corrected chi connectivity index (χ3v) is 3.26. The van der Waals surface area contributed by atoms with E-state index in [4.69, 9.17) is 5.73 Å². The molecule has 0 aliphatic rings. The zero-order chi connectivity index (χ0) is 14.0. The van der Waals surface area contributed by atoms with Crippen molar-refractivity contribution in [1.29, 1.82) is 0 Å². The fourth-order valence-corrected chi connectivity index (χ4v) is 1.86. The molecule has 0 aliphatic heterocycles. The Bertz CT molecular complexity index is 586. The Hall–Kier alpha value is -2.30. The summed E-state index contributed by atoms with van der Waals surface area (Å²) in [6.07, 6.45) is 1.58. The predicted octanol–water partition coefficient (Wildman–Crippen LogP) is 1.80. The zero-order valence-corrected chi connectivity index (χ0v) is 11.3. The molecule has 5 nitrogen and oxygen atoms in total. The summed E-state index contributed by atoms with van der Waals surface area (Å²) in [5.74, 6) is -0.116. The average Bonchev–Trinajstić information content (AvgIpc) is 2.70. The molecule has 1 aromatic heterocycles. The van der Waals surface area contributed by atoms with E-state index in [2.05, 4.69) is 10.4 Å². The number of carbonyl (C=O) groups excluding carboxylic acids is 1. The number of nitrogens with one attached hydrogen (secondary N) is 1. The van der Waals surface area contributed by atoms with E-state index in [-0.39, 0.29) is 11.9 Å². The highest BCUT2D eigenvalue weighted by atomic mass is 16.1. The van der Waals surface area contributed by atoms with Gasteiger partial charge >= 0.3 is 0 Å². The molecule has 100 valence electrons. The topological polar surface area (TPSA) is 72.9 Å². The maximum atomic E-state index is 12.1. The molecule has 3 N–H and O–H groups in total. The van der Waals surface area contributed by atoms with E-state index >= 15 is 0 Å². The summed E-state index contributed by atoms with van der Waals surface area (Å²) in [6.45, 7) is 3.81. The number of hydrogen-bond acceptors (Lipinski definition) is 3. The van der Waals surface area contributed by atoms with Gasteiger partial charge in [-0.2, -0.15) is 5.10 Å². The van der Waals surface area contributed by atoms with E-state index in [9.17, 15) is 4.79 Å². The van der Waals surface area contributed by atoms with Gasteiger partial charge in [-0.25, -0.2) is 0 Å². The van der Waals surface area contributed by atoms with E-state index in [1.54, 1.807) is 10.9 Å². The van der Waals surface area contributed by atoms with Crippen LogP contribution < -0.4 is 11.1 Å². The second kappa shape index (κ2) is 5.14. The molecule has 0 fully saturated rings. The van der Waals surface area contributed by atoms with Crippen molar-refractivity contribution in [3.05, 3.63) is 47.3 Å². The highest BCUT2D eigenvalue weighted by Crippen LogP contribution is 2.15. The minimum Gasteiger partial charge on any atom is -0.399 e. The number of hydrogen-bond donors (Lipinski definition) is 2. The molecule has 0 saturated heterocycles. The standard InChI is InChI=1S/C14H18N4O/c1-9(11-4-6-12(15)7-5-11)17-14(19)13-8-16-18(3)10(13)2/h4-9H,15H2,1-3H3,(H,17,19). The minimum atomic E-state index is -0.116. The first-order chi connectivity index (χ1) is 8.99. The maximum Gasteiger partial charge on any atom is 0.255 e. The highest BCUT2D eigenvalue weighted by molar-refractivity contribution is 5.95. The lowest BCUT2D eigenvalue weighted by Gasteiger charge is -2.14. The van der Waals surface area contributed by atoms with Gasteiger partial charge in [0.05, 0.1) is 17.8 Å². The van der Waals surface area contributed by atoms with Crippen LogP contribution in [0.25, 0.3) is 0 Å². The van der Waals surface area contributed by atoms with Crippen LogP contribution in [0.2, 0.25) is 0 Å². The third-order valence-electron chi connectivity index (χ3n) is 3.26. The SMILES string of the molecule is Cc1c(C(=O)NC(C)c2ccc(N)cc2)cnn1C. The molecule has 1 aromatic carbocycles. The Balaban J connectivity index is 2.10. The van der Waals surface area contributed by atoms with Gasteiger partial charge in [-0.3, -0.25) is 9.48 Å². The fourth-order valence-electron chi connectivity index (χ4n) is 1.86. The van der Waals surface area contributed by atoms with Gasteiger partial charge in [-0.1, -0.05) is 12.1 Å². The minimum absolute atomic E-state index is 0.0762. The van der Waals surface area contributed by atoms with Crippen LogP contribution in [0.4, 0.5) is 5.69 Å². The fraction of sp³-hybridized carbons (Fsp3) is 0.286. The molecule has 1 atom stereocenters. The van der Waals surface area contributed by atoms with E-state index in [1.807, 2.05) is 45.2 Å². The number of nitrogens with zero attached hydrogens (tertiary/aromatic N) is 2. The Morgan fingerprint density at radius 1 is 1.37 bits per heavy atom. The van der Waals surface area contributed by atoms with Gasteiger partial charge in [0, 0.05) is 18.4 Å². The van der Waals surface area contributed by atoms with E-state index in [1.165, 1.54) is 0 Å².